The van der Waals surface area contributed by atoms with Crippen molar-refractivity contribution in [3.63, 3.8) is 0 Å². The molecular weight excluding hydrogens is 789 g/mol. The molecule has 8 atom stereocenters. The third-order valence-corrected chi connectivity index (χ3v) is 9.49. The average molecular weight is 855 g/mol. The predicted molar refractivity (Wildman–Crippen MR) is 227 cm³/mol. The molecule has 338 valence electrons. The van der Waals surface area contributed by atoms with Crippen molar-refractivity contribution in [1.82, 2.24) is 31.9 Å². The van der Waals surface area contributed by atoms with Gasteiger partial charge in [0.1, 0.15) is 59.8 Å². The highest BCUT2D eigenvalue weighted by atomic mass is 16.6. The Labute approximate surface area is 358 Å². The molecule has 3 rings (SSSR count). The van der Waals surface area contributed by atoms with Crippen molar-refractivity contribution in [3.05, 3.63) is 71.8 Å². The largest absolute Gasteiger partial charge is 0.444 e. The van der Waals surface area contributed by atoms with Crippen molar-refractivity contribution in [2.75, 3.05) is 13.1 Å². The predicted octanol–water partition coefficient (Wildman–Crippen LogP) is 2.26. The van der Waals surface area contributed by atoms with Crippen LogP contribution in [0.1, 0.15) is 80.4 Å². The molecule has 2 aromatic carbocycles. The van der Waals surface area contributed by atoms with Crippen LogP contribution in [0.25, 0.3) is 0 Å². The fraction of sp³-hybridized carbons (Fsp3) is 0.591. The van der Waals surface area contributed by atoms with Crippen molar-refractivity contribution in [2.45, 2.75) is 142 Å². The molecule has 1 fully saturated rings. The van der Waals surface area contributed by atoms with Crippen LogP contribution in [0.2, 0.25) is 0 Å². The van der Waals surface area contributed by atoms with Gasteiger partial charge in [0.2, 0.25) is 23.6 Å². The van der Waals surface area contributed by atoms with Crippen LogP contribution in [0.4, 0.5) is 9.59 Å². The maximum Gasteiger partial charge on any atom is 0.408 e. The van der Waals surface area contributed by atoms with E-state index in [1.54, 1.807) is 118 Å². The number of carbonyl (C=O) groups is 6. The Hall–Kier alpha value is -5.26. The van der Waals surface area contributed by atoms with E-state index in [-0.39, 0.29) is 37.8 Å². The third kappa shape index (κ3) is 17.0. The first kappa shape index (κ1) is 50.1. The van der Waals surface area contributed by atoms with Gasteiger partial charge >= 0.3 is 12.2 Å². The van der Waals surface area contributed by atoms with Crippen LogP contribution >= 0.6 is 0 Å². The van der Waals surface area contributed by atoms with Crippen LogP contribution in [0.3, 0.4) is 0 Å². The molecule has 0 bridgehead atoms. The van der Waals surface area contributed by atoms with E-state index < -0.39 is 95.6 Å². The van der Waals surface area contributed by atoms with E-state index in [0.717, 1.165) is 11.1 Å². The summed E-state index contributed by atoms with van der Waals surface area (Å²) >= 11 is 0. The third-order valence-electron chi connectivity index (χ3n) is 9.49. The molecule has 1 saturated heterocycles. The molecule has 1 aliphatic heterocycles. The summed E-state index contributed by atoms with van der Waals surface area (Å²) in [5, 5.41) is 38.0. The summed E-state index contributed by atoms with van der Waals surface area (Å²) in [6.07, 6.45) is -6.50. The van der Waals surface area contributed by atoms with Crippen molar-refractivity contribution in [2.24, 2.45) is 11.8 Å². The highest BCUT2D eigenvalue weighted by molar-refractivity contribution is 5.92. The number of nitrogens with one attached hydrogen (secondary N) is 6. The van der Waals surface area contributed by atoms with Crippen LogP contribution in [-0.2, 0) is 46.2 Å². The number of alkyl carbamates (subject to hydrolysis) is 2. The summed E-state index contributed by atoms with van der Waals surface area (Å²) in [5.74, 6) is -3.17. The maximum absolute atomic E-state index is 13.7. The van der Waals surface area contributed by atoms with Gasteiger partial charge in [-0.05, 0) is 64.5 Å². The number of hydrogen-bond acceptors (Lipinski definition) is 11. The molecule has 1 aliphatic rings. The lowest BCUT2D eigenvalue weighted by molar-refractivity contribution is -0.131. The molecule has 0 radical (unpaired) electrons. The van der Waals surface area contributed by atoms with Gasteiger partial charge in [-0.1, -0.05) is 88.4 Å². The molecule has 8 N–H and O–H groups in total. The second-order valence-corrected chi connectivity index (χ2v) is 17.9. The van der Waals surface area contributed by atoms with Crippen LogP contribution in [0.15, 0.2) is 60.7 Å². The molecule has 17 nitrogen and oxygen atoms in total. The van der Waals surface area contributed by atoms with E-state index in [1.165, 1.54) is 0 Å². The number of rotatable bonds is 18. The highest BCUT2D eigenvalue weighted by Crippen LogP contribution is 2.21. The molecule has 6 amide bonds. The Morgan fingerprint density at radius 2 is 0.885 bits per heavy atom. The second kappa shape index (κ2) is 22.5. The Bertz CT molecular complexity index is 1640. The second-order valence-electron chi connectivity index (χ2n) is 17.9. The Morgan fingerprint density at radius 1 is 0.557 bits per heavy atom. The van der Waals surface area contributed by atoms with Gasteiger partial charge in [0.05, 0.1) is 0 Å². The summed E-state index contributed by atoms with van der Waals surface area (Å²) in [6, 6.07) is 13.7. The van der Waals surface area contributed by atoms with Gasteiger partial charge in [0, 0.05) is 25.9 Å². The minimum atomic E-state index is -1.46. The number of hydrogen-bond donors (Lipinski definition) is 8. The standard InChI is InChI=1S/C44H66N6O11/c1-25(2)33(49-41(57)60-43(5,6)7)39(55)47-29(21-27-17-13-11-14-18-27)37(53)45-23-31-35(51)36(52)32(59-31)24-46-38(54)30(22-28-19-15-12-16-20-28)48-40(56)34(26(3)4)50-42(58)61-44(8,9)10/h11-20,25-26,29-36,51-52H,21-24H2,1-10H3,(H,45,53)(H,46,54)(H,47,55)(H,48,56)(H,49,57)(H,50,58)/t29-,30-,31-,32-,33-,34+,35+,36+/m0/s1. The van der Waals surface area contributed by atoms with Crippen molar-refractivity contribution in [3.8, 4) is 0 Å². The summed E-state index contributed by atoms with van der Waals surface area (Å²) in [5.41, 5.74) is -0.111. The molecule has 0 spiro atoms. The SMILES string of the molecule is CC(C)[C@H](NC(=O)OC(C)(C)C)C(=O)N[C@@H](Cc1ccccc1)C(=O)NC[C@@H]1O[C@@H](CNC(=O)[C@H](Cc2ccccc2)NC(=O)[C@H](NC(=O)OC(C)(C)C)C(C)C)[C@@H](O)[C@@H]1O. The van der Waals surface area contributed by atoms with Gasteiger partial charge in [-0.25, -0.2) is 9.59 Å². The monoisotopic (exact) mass is 854 g/mol. The Morgan fingerprint density at radius 3 is 1.18 bits per heavy atom. The summed E-state index contributed by atoms with van der Waals surface area (Å²) in [7, 11) is 0. The quantitative estimate of drug-likeness (QED) is 0.108. The number of aliphatic hydroxyl groups is 2. The first-order chi connectivity index (χ1) is 28.4. The lowest BCUT2D eigenvalue weighted by Crippen LogP contribution is -2.57. The fourth-order valence-corrected chi connectivity index (χ4v) is 6.39. The van der Waals surface area contributed by atoms with E-state index >= 15 is 0 Å². The smallest absolute Gasteiger partial charge is 0.408 e. The first-order valence-corrected chi connectivity index (χ1v) is 20.7. The topological polar surface area (TPSA) is 243 Å². The van der Waals surface area contributed by atoms with Crippen molar-refractivity contribution >= 4 is 35.8 Å². The summed E-state index contributed by atoms with van der Waals surface area (Å²) in [4.78, 5) is 79.6. The molecule has 17 heteroatoms. The molecule has 2 aromatic rings. The zero-order valence-corrected chi connectivity index (χ0v) is 36.9. The van der Waals surface area contributed by atoms with Gasteiger partial charge in [0.15, 0.2) is 0 Å². The summed E-state index contributed by atoms with van der Waals surface area (Å²) in [6.45, 7) is 16.6. The van der Waals surface area contributed by atoms with Gasteiger partial charge in [-0.15, -0.1) is 0 Å². The summed E-state index contributed by atoms with van der Waals surface area (Å²) < 4.78 is 16.6. The van der Waals surface area contributed by atoms with Crippen LogP contribution in [-0.4, -0.2) is 119 Å². The zero-order chi connectivity index (χ0) is 45.7. The first-order valence-electron chi connectivity index (χ1n) is 20.7. The van der Waals surface area contributed by atoms with Crippen molar-refractivity contribution in [1.29, 1.82) is 0 Å². The number of aliphatic hydroxyl groups excluding tert-OH is 2. The Kier molecular flexibility index (Phi) is 18.5. The molecule has 61 heavy (non-hydrogen) atoms. The number of ether oxygens (including phenoxy) is 3. The average Bonchev–Trinajstić information content (AvgIpc) is 3.43. The number of carbonyl (C=O) groups excluding carboxylic acids is 6. The van der Waals surface area contributed by atoms with Gasteiger partial charge in [0.25, 0.3) is 0 Å². The van der Waals surface area contributed by atoms with Crippen LogP contribution in [0.5, 0.6) is 0 Å². The minimum Gasteiger partial charge on any atom is -0.444 e. The number of amides is 6. The number of benzene rings is 2. The normalized spacial score (nSPS) is 19.8. The lowest BCUT2D eigenvalue weighted by Gasteiger charge is -2.27. The molecule has 1 heterocycles. The molecule has 0 aromatic heterocycles. The highest BCUT2D eigenvalue weighted by Gasteiger charge is 2.43. The molecule has 0 aliphatic carbocycles. The van der Waals surface area contributed by atoms with Crippen molar-refractivity contribution < 1.29 is 53.2 Å². The van der Waals surface area contributed by atoms with Gasteiger partial charge in [-0.2, -0.15) is 0 Å². The molecule has 0 unspecified atom stereocenters. The van der Waals surface area contributed by atoms with E-state index in [0.29, 0.717) is 0 Å². The van der Waals surface area contributed by atoms with E-state index in [2.05, 4.69) is 31.9 Å². The van der Waals surface area contributed by atoms with E-state index in [9.17, 15) is 39.0 Å². The van der Waals surface area contributed by atoms with Crippen LogP contribution in [0, 0.1) is 11.8 Å². The zero-order valence-electron chi connectivity index (χ0n) is 36.9. The van der Waals surface area contributed by atoms with Gasteiger partial charge in [-0.3, -0.25) is 19.2 Å². The molecule has 0 saturated carbocycles. The van der Waals surface area contributed by atoms with Crippen LogP contribution < -0.4 is 31.9 Å². The van der Waals surface area contributed by atoms with E-state index in [4.69, 9.17) is 14.2 Å². The Balaban J connectivity index is 1.69. The maximum atomic E-state index is 13.7. The molecular formula is C44H66N6O11. The minimum absolute atomic E-state index is 0.0939. The fourth-order valence-electron chi connectivity index (χ4n) is 6.39. The lowest BCUT2D eigenvalue weighted by atomic mass is 10.0. The van der Waals surface area contributed by atoms with E-state index in [1.807, 2.05) is 12.1 Å². The van der Waals surface area contributed by atoms with Gasteiger partial charge < -0.3 is 56.3 Å².